The third kappa shape index (κ3) is 6.98. The molecule has 21 heavy (non-hydrogen) atoms. The molecular formula is C17H32N2O2. The maximum Gasteiger partial charge on any atom is 0.410 e. The van der Waals surface area contributed by atoms with Crippen LogP contribution in [0.5, 0.6) is 0 Å². The van der Waals surface area contributed by atoms with Crippen LogP contribution in [0.3, 0.4) is 0 Å². The van der Waals surface area contributed by atoms with Gasteiger partial charge in [-0.15, -0.1) is 0 Å². The standard InChI is InChI=1S/C17H32N2O2/c1-6-14(7-2)12-18-13-15-8-10-19(11-9-15)16(20)21-17(3,4)5/h8,14,18H,6-7,9-13H2,1-5H3. The molecule has 1 N–H and O–H groups in total. The van der Waals surface area contributed by atoms with Gasteiger partial charge in [0.1, 0.15) is 5.60 Å². The minimum Gasteiger partial charge on any atom is -0.444 e. The SMILES string of the molecule is CCC(CC)CNCC1=CCN(C(=O)OC(C)(C)C)CC1. The van der Waals surface area contributed by atoms with Crippen LogP contribution in [0.2, 0.25) is 0 Å². The average molecular weight is 296 g/mol. The molecule has 0 atom stereocenters. The van der Waals surface area contributed by atoms with Gasteiger partial charge < -0.3 is 15.0 Å². The van der Waals surface area contributed by atoms with Crippen LogP contribution in [0.1, 0.15) is 53.9 Å². The van der Waals surface area contributed by atoms with Crippen LogP contribution >= 0.6 is 0 Å². The fraction of sp³-hybridized carbons (Fsp3) is 0.824. The summed E-state index contributed by atoms with van der Waals surface area (Å²) in [6.45, 7) is 13.6. The first-order valence-electron chi connectivity index (χ1n) is 8.22. The lowest BCUT2D eigenvalue weighted by Gasteiger charge is -2.29. The summed E-state index contributed by atoms with van der Waals surface area (Å²) in [7, 11) is 0. The Balaban J connectivity index is 2.32. The normalized spacial score (nSPS) is 16.1. The van der Waals surface area contributed by atoms with Crippen molar-refractivity contribution in [1.82, 2.24) is 10.2 Å². The highest BCUT2D eigenvalue weighted by atomic mass is 16.6. The monoisotopic (exact) mass is 296 g/mol. The van der Waals surface area contributed by atoms with E-state index >= 15 is 0 Å². The smallest absolute Gasteiger partial charge is 0.410 e. The number of amides is 1. The first kappa shape index (κ1) is 18.0. The number of nitrogens with one attached hydrogen (secondary N) is 1. The lowest BCUT2D eigenvalue weighted by Crippen LogP contribution is -2.40. The number of hydrogen-bond acceptors (Lipinski definition) is 3. The van der Waals surface area contributed by atoms with Crippen LogP contribution in [0.4, 0.5) is 4.79 Å². The van der Waals surface area contributed by atoms with Gasteiger partial charge in [-0.2, -0.15) is 0 Å². The van der Waals surface area contributed by atoms with Gasteiger partial charge in [-0.1, -0.05) is 38.3 Å². The highest BCUT2D eigenvalue weighted by molar-refractivity contribution is 5.68. The third-order valence-corrected chi connectivity index (χ3v) is 3.89. The van der Waals surface area contributed by atoms with Crippen molar-refractivity contribution in [3.63, 3.8) is 0 Å². The Morgan fingerprint density at radius 1 is 1.38 bits per heavy atom. The fourth-order valence-electron chi connectivity index (χ4n) is 2.38. The molecule has 0 radical (unpaired) electrons. The van der Waals surface area contributed by atoms with Gasteiger partial charge in [-0.25, -0.2) is 4.79 Å². The molecule has 4 heteroatoms. The highest BCUT2D eigenvalue weighted by Crippen LogP contribution is 2.15. The Bertz CT molecular complexity index is 354. The summed E-state index contributed by atoms with van der Waals surface area (Å²) in [5, 5.41) is 3.54. The van der Waals surface area contributed by atoms with Gasteiger partial charge in [0.05, 0.1) is 0 Å². The van der Waals surface area contributed by atoms with Crippen molar-refractivity contribution in [2.24, 2.45) is 5.92 Å². The molecule has 0 spiro atoms. The van der Waals surface area contributed by atoms with Crippen molar-refractivity contribution in [3.05, 3.63) is 11.6 Å². The molecule has 0 saturated heterocycles. The molecule has 0 bridgehead atoms. The van der Waals surface area contributed by atoms with Gasteiger partial charge in [0, 0.05) is 19.6 Å². The summed E-state index contributed by atoms with van der Waals surface area (Å²) in [6.07, 6.45) is 5.36. The maximum atomic E-state index is 12.0. The van der Waals surface area contributed by atoms with Gasteiger partial charge >= 0.3 is 6.09 Å². The summed E-state index contributed by atoms with van der Waals surface area (Å²) in [4.78, 5) is 13.7. The number of rotatable bonds is 6. The molecule has 1 heterocycles. The number of carbonyl (C=O) groups excluding carboxylic acids is 1. The number of nitrogens with zero attached hydrogens (tertiary/aromatic N) is 1. The Kier molecular flexibility index (Phi) is 7.23. The first-order chi connectivity index (χ1) is 9.85. The van der Waals surface area contributed by atoms with Crippen molar-refractivity contribution in [3.8, 4) is 0 Å². The van der Waals surface area contributed by atoms with Gasteiger partial charge in [0.2, 0.25) is 0 Å². The van der Waals surface area contributed by atoms with E-state index in [0.717, 1.165) is 32.0 Å². The molecule has 122 valence electrons. The van der Waals surface area contributed by atoms with Crippen LogP contribution in [0.15, 0.2) is 11.6 Å². The van der Waals surface area contributed by atoms with Crippen LogP contribution in [0.25, 0.3) is 0 Å². The van der Waals surface area contributed by atoms with E-state index in [1.807, 2.05) is 20.8 Å². The van der Waals surface area contributed by atoms with Gasteiger partial charge in [0.25, 0.3) is 0 Å². The van der Waals surface area contributed by atoms with Crippen molar-refractivity contribution in [2.45, 2.75) is 59.5 Å². The molecular weight excluding hydrogens is 264 g/mol. The van der Waals surface area contributed by atoms with Crippen LogP contribution in [-0.4, -0.2) is 42.8 Å². The third-order valence-electron chi connectivity index (χ3n) is 3.89. The molecule has 0 unspecified atom stereocenters. The zero-order valence-corrected chi connectivity index (χ0v) is 14.4. The molecule has 0 aromatic carbocycles. The largest absolute Gasteiger partial charge is 0.444 e. The molecule has 0 saturated carbocycles. The average Bonchev–Trinajstić information content (AvgIpc) is 2.42. The van der Waals surface area contributed by atoms with E-state index in [4.69, 9.17) is 4.74 Å². The van der Waals surface area contributed by atoms with Crippen LogP contribution in [-0.2, 0) is 4.74 Å². The Labute approximate surface area is 129 Å². The van der Waals surface area contributed by atoms with E-state index in [1.165, 1.54) is 18.4 Å². The van der Waals surface area contributed by atoms with E-state index in [-0.39, 0.29) is 6.09 Å². The molecule has 1 aliphatic rings. The second-order valence-corrected chi connectivity index (χ2v) is 6.85. The zero-order valence-electron chi connectivity index (χ0n) is 14.4. The first-order valence-corrected chi connectivity index (χ1v) is 8.22. The fourth-order valence-corrected chi connectivity index (χ4v) is 2.38. The minimum absolute atomic E-state index is 0.206. The van der Waals surface area contributed by atoms with E-state index < -0.39 is 5.60 Å². The second-order valence-electron chi connectivity index (χ2n) is 6.85. The Morgan fingerprint density at radius 2 is 2.05 bits per heavy atom. The molecule has 4 nitrogen and oxygen atoms in total. The van der Waals surface area contributed by atoms with Gasteiger partial charge in [0.15, 0.2) is 0 Å². The quantitative estimate of drug-likeness (QED) is 0.762. The van der Waals surface area contributed by atoms with E-state index in [0.29, 0.717) is 6.54 Å². The number of carbonyl (C=O) groups is 1. The van der Waals surface area contributed by atoms with Crippen molar-refractivity contribution >= 4 is 6.09 Å². The predicted octanol–water partition coefficient (Wildman–Crippen LogP) is 3.58. The topological polar surface area (TPSA) is 41.6 Å². The van der Waals surface area contributed by atoms with Crippen LogP contribution < -0.4 is 5.32 Å². The highest BCUT2D eigenvalue weighted by Gasteiger charge is 2.23. The van der Waals surface area contributed by atoms with Crippen molar-refractivity contribution in [1.29, 1.82) is 0 Å². The lowest BCUT2D eigenvalue weighted by molar-refractivity contribution is 0.0265. The van der Waals surface area contributed by atoms with Crippen molar-refractivity contribution < 1.29 is 9.53 Å². The molecule has 0 aromatic heterocycles. The van der Waals surface area contributed by atoms with E-state index in [1.54, 1.807) is 4.90 Å². The number of ether oxygens (including phenoxy) is 1. The Hall–Kier alpha value is -1.03. The molecule has 1 aliphatic heterocycles. The van der Waals surface area contributed by atoms with Gasteiger partial charge in [-0.05, 0) is 39.7 Å². The van der Waals surface area contributed by atoms with E-state index in [2.05, 4.69) is 25.2 Å². The summed E-state index contributed by atoms with van der Waals surface area (Å²) < 4.78 is 5.40. The summed E-state index contributed by atoms with van der Waals surface area (Å²) >= 11 is 0. The summed E-state index contributed by atoms with van der Waals surface area (Å²) in [5.41, 5.74) is 0.985. The second kappa shape index (κ2) is 8.42. The van der Waals surface area contributed by atoms with Crippen LogP contribution in [0, 0.1) is 5.92 Å². The number of hydrogen-bond donors (Lipinski definition) is 1. The van der Waals surface area contributed by atoms with E-state index in [9.17, 15) is 4.79 Å². The summed E-state index contributed by atoms with van der Waals surface area (Å²) in [6, 6.07) is 0. The Morgan fingerprint density at radius 3 is 2.52 bits per heavy atom. The van der Waals surface area contributed by atoms with Crippen molar-refractivity contribution in [2.75, 3.05) is 26.2 Å². The molecule has 1 rings (SSSR count). The molecule has 0 aromatic rings. The minimum atomic E-state index is -0.419. The molecule has 1 amide bonds. The molecule has 0 fully saturated rings. The maximum absolute atomic E-state index is 12.0. The zero-order chi connectivity index (χ0) is 15.9. The van der Waals surface area contributed by atoms with Gasteiger partial charge in [-0.3, -0.25) is 0 Å². The molecule has 0 aliphatic carbocycles. The summed E-state index contributed by atoms with van der Waals surface area (Å²) in [5.74, 6) is 0.771. The predicted molar refractivity (Wildman–Crippen MR) is 87.4 cm³/mol. The lowest BCUT2D eigenvalue weighted by atomic mass is 10.0.